The monoisotopic (exact) mass is 230 g/mol. The van der Waals surface area contributed by atoms with Crippen LogP contribution in [0.1, 0.15) is 19.8 Å². The first kappa shape index (κ1) is 6.14. The van der Waals surface area contributed by atoms with Gasteiger partial charge in [-0.2, -0.15) is 0 Å². The molecule has 1 rings (SSSR count). The van der Waals surface area contributed by atoms with Gasteiger partial charge in [-0.25, -0.2) is 0 Å². The van der Waals surface area contributed by atoms with Crippen molar-refractivity contribution in [2.45, 2.75) is 28.6 Å². The molecule has 1 atom stereocenters. The highest BCUT2D eigenvalue weighted by atomic mass is 127. The molecule has 0 spiro atoms. The van der Waals surface area contributed by atoms with Crippen LogP contribution in [0.25, 0.3) is 0 Å². The van der Waals surface area contributed by atoms with Crippen LogP contribution in [0.15, 0.2) is 0 Å². The van der Waals surface area contributed by atoms with Gasteiger partial charge in [-0.3, -0.25) is 0 Å². The van der Waals surface area contributed by atoms with Crippen molar-refractivity contribution in [2.75, 3.05) is 0 Å². The molecule has 0 heterocycles. The van der Waals surface area contributed by atoms with Crippen LogP contribution in [0, 0.1) is 0 Å². The zero-order valence-corrected chi connectivity index (χ0v) is 7.16. The van der Waals surface area contributed by atoms with Crippen molar-refractivity contribution in [1.29, 1.82) is 0 Å². The van der Waals surface area contributed by atoms with Crippen LogP contribution < -0.4 is 0 Å². The number of hydrogen-bond donors (Lipinski definition) is 0. The molecule has 2 heteroatoms. The first-order chi connectivity index (χ1) is 3.15. The minimum atomic E-state index is 0.209. The van der Waals surface area contributed by atoms with Gasteiger partial charge in [0.05, 0.1) is 4.87 Å². The maximum atomic E-state index is 5.97. The fourth-order valence-corrected chi connectivity index (χ4v) is 1.23. The molecule has 0 aromatic heterocycles. The highest BCUT2D eigenvalue weighted by Crippen LogP contribution is 2.48. The van der Waals surface area contributed by atoms with Gasteiger partial charge in [0.1, 0.15) is 0 Å². The second-order valence-electron chi connectivity index (χ2n) is 2.15. The highest BCUT2D eigenvalue weighted by molar-refractivity contribution is 14.1. The van der Waals surface area contributed by atoms with Gasteiger partial charge in [0.25, 0.3) is 0 Å². The Morgan fingerprint density at radius 2 is 2.14 bits per heavy atom. The van der Waals surface area contributed by atoms with E-state index >= 15 is 0 Å². The molecule has 0 nitrogen and oxygen atoms in total. The zero-order valence-electron chi connectivity index (χ0n) is 4.25. The van der Waals surface area contributed by atoms with E-state index in [1.807, 2.05) is 0 Å². The molecule has 1 saturated carbocycles. The molecule has 1 fully saturated rings. The molecule has 0 aromatic carbocycles. The lowest BCUT2D eigenvalue weighted by molar-refractivity contribution is 0.891. The summed E-state index contributed by atoms with van der Waals surface area (Å²) in [5.74, 6) is 0. The Hall–Kier alpha value is 1.02. The van der Waals surface area contributed by atoms with Crippen molar-refractivity contribution in [3.8, 4) is 0 Å². The fourth-order valence-electron chi connectivity index (χ4n) is 0.517. The van der Waals surface area contributed by atoms with Crippen molar-refractivity contribution in [3.05, 3.63) is 0 Å². The maximum absolute atomic E-state index is 5.97. The highest BCUT2D eigenvalue weighted by Gasteiger charge is 2.44. The van der Waals surface area contributed by atoms with Gasteiger partial charge in [0, 0.05) is 3.92 Å². The van der Waals surface area contributed by atoms with Crippen molar-refractivity contribution >= 4 is 34.2 Å². The Bertz CT molecular complexity index is 76.1. The van der Waals surface area contributed by atoms with Crippen molar-refractivity contribution in [2.24, 2.45) is 0 Å². The van der Waals surface area contributed by atoms with Crippen molar-refractivity contribution in [3.63, 3.8) is 0 Å². The lowest BCUT2D eigenvalue weighted by atomic mass is 10.3. The quantitative estimate of drug-likeness (QED) is 0.480. The molecule has 1 aliphatic rings. The molecule has 1 aliphatic carbocycles. The average molecular weight is 230 g/mol. The number of hydrogen-bond acceptors (Lipinski definition) is 0. The van der Waals surface area contributed by atoms with E-state index in [1.54, 1.807) is 0 Å². The summed E-state index contributed by atoms with van der Waals surface area (Å²) >= 11 is 8.35. The summed E-state index contributed by atoms with van der Waals surface area (Å²) in [6.07, 6.45) is 2.44. The molecule has 0 aromatic rings. The summed E-state index contributed by atoms with van der Waals surface area (Å²) in [7, 11) is 0. The average Bonchev–Trinajstić information content (AvgIpc) is 2.21. The third-order valence-corrected chi connectivity index (χ3v) is 3.71. The normalized spacial score (nSPS) is 29.6. The summed E-state index contributed by atoms with van der Waals surface area (Å²) in [4.78, 5) is 0.209. The first-order valence-electron chi connectivity index (χ1n) is 2.48. The van der Waals surface area contributed by atoms with E-state index in [0.717, 1.165) is 0 Å². The van der Waals surface area contributed by atoms with E-state index in [0.29, 0.717) is 3.92 Å². The number of rotatable bonds is 1. The lowest BCUT2D eigenvalue weighted by Crippen LogP contribution is -2.09. The van der Waals surface area contributed by atoms with E-state index in [-0.39, 0.29) is 4.87 Å². The third kappa shape index (κ3) is 1.22. The summed E-state index contributed by atoms with van der Waals surface area (Å²) in [6.45, 7) is 2.17. The van der Waals surface area contributed by atoms with Crippen LogP contribution in [0.2, 0.25) is 0 Å². The lowest BCUT2D eigenvalue weighted by Gasteiger charge is -2.05. The summed E-state index contributed by atoms with van der Waals surface area (Å²) in [5, 5.41) is 0. The molecule has 1 unspecified atom stereocenters. The second kappa shape index (κ2) is 1.76. The smallest absolute Gasteiger partial charge is 0.0562 e. The Labute approximate surface area is 62.8 Å². The maximum Gasteiger partial charge on any atom is 0.0562 e. The summed E-state index contributed by atoms with van der Waals surface area (Å²) < 4.78 is 0.645. The largest absolute Gasteiger partial charge is 0.118 e. The summed E-state index contributed by atoms with van der Waals surface area (Å²) in [6, 6.07) is 0. The van der Waals surface area contributed by atoms with Crippen LogP contribution >= 0.6 is 34.2 Å². The van der Waals surface area contributed by atoms with E-state index in [9.17, 15) is 0 Å². The molecule has 0 radical (unpaired) electrons. The molecule has 0 bridgehead atoms. The van der Waals surface area contributed by atoms with Gasteiger partial charge in [-0.15, -0.1) is 11.6 Å². The minimum Gasteiger partial charge on any atom is -0.118 e. The Kier molecular flexibility index (Phi) is 1.55. The minimum absolute atomic E-state index is 0.209. The van der Waals surface area contributed by atoms with Gasteiger partial charge in [-0.05, 0) is 12.8 Å². The molecule has 0 amide bonds. The molecule has 42 valence electrons. The van der Waals surface area contributed by atoms with E-state index < -0.39 is 0 Å². The van der Waals surface area contributed by atoms with Gasteiger partial charge in [0.2, 0.25) is 0 Å². The number of alkyl halides is 2. The van der Waals surface area contributed by atoms with Crippen LogP contribution in [0.4, 0.5) is 0 Å². The van der Waals surface area contributed by atoms with Crippen LogP contribution in [-0.4, -0.2) is 8.80 Å². The summed E-state index contributed by atoms with van der Waals surface area (Å²) in [5.41, 5.74) is 0. The molecule has 0 N–H and O–H groups in total. The fraction of sp³-hybridized carbons (Fsp3) is 1.00. The van der Waals surface area contributed by atoms with Gasteiger partial charge in [-0.1, -0.05) is 29.5 Å². The standard InChI is InChI=1S/C5H8ClI/c1-4(7)5(6)2-3-5/h4H,2-3H2,1H3. The van der Waals surface area contributed by atoms with Crippen LogP contribution in [0.3, 0.4) is 0 Å². The van der Waals surface area contributed by atoms with Gasteiger partial charge < -0.3 is 0 Å². The Morgan fingerprint density at radius 3 is 2.14 bits per heavy atom. The SMILES string of the molecule is CC(I)C1(Cl)CC1. The predicted octanol–water partition coefficient (Wildman–Crippen LogP) is 2.58. The van der Waals surface area contributed by atoms with Gasteiger partial charge >= 0.3 is 0 Å². The number of halogens is 2. The molecular formula is C5H8ClI. The van der Waals surface area contributed by atoms with Crippen molar-refractivity contribution < 1.29 is 0 Å². The molecule has 7 heavy (non-hydrogen) atoms. The molecule has 0 aliphatic heterocycles. The van der Waals surface area contributed by atoms with Crippen LogP contribution in [0.5, 0.6) is 0 Å². The van der Waals surface area contributed by atoms with Crippen LogP contribution in [-0.2, 0) is 0 Å². The van der Waals surface area contributed by atoms with E-state index in [1.165, 1.54) is 12.8 Å². The Balaban J connectivity index is 2.39. The first-order valence-corrected chi connectivity index (χ1v) is 4.10. The third-order valence-electron chi connectivity index (χ3n) is 1.44. The molecule has 0 saturated heterocycles. The zero-order chi connectivity index (χ0) is 5.49. The van der Waals surface area contributed by atoms with Gasteiger partial charge in [0.15, 0.2) is 0 Å². The van der Waals surface area contributed by atoms with Crippen molar-refractivity contribution in [1.82, 2.24) is 0 Å². The topological polar surface area (TPSA) is 0 Å². The molecular weight excluding hydrogens is 222 g/mol. The van der Waals surface area contributed by atoms with E-state index in [2.05, 4.69) is 29.5 Å². The predicted molar refractivity (Wildman–Crippen MR) is 41.3 cm³/mol. The Morgan fingerprint density at radius 1 is 1.71 bits per heavy atom. The van der Waals surface area contributed by atoms with E-state index in [4.69, 9.17) is 11.6 Å². The second-order valence-corrected chi connectivity index (χ2v) is 4.77.